The van der Waals surface area contributed by atoms with Gasteiger partial charge in [-0.05, 0) is 24.3 Å². The Labute approximate surface area is 394 Å². The van der Waals surface area contributed by atoms with E-state index in [-0.39, 0.29) is 65.1 Å². The maximum Gasteiger partial charge on any atom is 0.481 e. The van der Waals surface area contributed by atoms with E-state index < -0.39 is 105 Å². The summed E-state index contributed by atoms with van der Waals surface area (Å²) in [4.78, 5) is 89.0. The number of rotatable bonds is 24. The van der Waals surface area contributed by atoms with Crippen LogP contribution in [0.5, 0.6) is 0 Å². The summed E-state index contributed by atoms with van der Waals surface area (Å²) in [5.41, 5.74) is 4.28. The number of furan rings is 1. The molecule has 4 aromatic rings. The van der Waals surface area contributed by atoms with Crippen LogP contribution in [0.4, 0.5) is 11.5 Å². The zero-order chi connectivity index (χ0) is 50.4. The van der Waals surface area contributed by atoms with Gasteiger partial charge in [0, 0.05) is 36.4 Å². The van der Waals surface area contributed by atoms with Crippen LogP contribution in [0, 0.1) is 5.41 Å². The molecule has 35 heteroatoms. The van der Waals surface area contributed by atoms with Crippen LogP contribution < -0.4 is 26.8 Å². The zero-order valence-electron chi connectivity index (χ0n) is 35.3. The number of anilines is 2. The fourth-order valence-electron chi connectivity index (χ4n) is 6.03. The van der Waals surface area contributed by atoms with E-state index in [2.05, 4.69) is 39.7 Å². The van der Waals surface area contributed by atoms with E-state index in [4.69, 9.17) is 40.7 Å². The van der Waals surface area contributed by atoms with Crippen LogP contribution in [0.1, 0.15) is 42.6 Å². The van der Waals surface area contributed by atoms with E-state index in [0.717, 1.165) is 35.0 Å². The maximum absolute atomic E-state index is 13.1. The number of carbonyl (C=O) groups excluding carboxylic acids is 3. The van der Waals surface area contributed by atoms with Crippen LogP contribution >= 0.6 is 46.8 Å². The Balaban J connectivity index is 1.05. The predicted octanol–water partition coefficient (Wildman–Crippen LogP) is 0.484. The average molecular weight is 1080 g/mol. The van der Waals surface area contributed by atoms with Gasteiger partial charge in [-0.15, -0.1) is 0 Å². The number of nitrogens with two attached hydrogens (primary N) is 2. The number of sulfonamides is 1. The zero-order valence-corrected chi connectivity index (χ0v) is 40.3. The summed E-state index contributed by atoms with van der Waals surface area (Å²) in [6.07, 6.45) is -5.86. The lowest BCUT2D eigenvalue weighted by Gasteiger charge is -2.30. The number of aliphatic hydroxyl groups excluding tert-OH is 2. The molecule has 3 aromatic heterocycles. The van der Waals surface area contributed by atoms with Gasteiger partial charge < -0.3 is 60.6 Å². The number of phosphoric ester groups is 3. The van der Waals surface area contributed by atoms with Gasteiger partial charge in [0.05, 0.1) is 42.9 Å². The van der Waals surface area contributed by atoms with E-state index >= 15 is 0 Å². The minimum Gasteiger partial charge on any atom is -0.467 e. The number of benzene rings is 1. The molecule has 1 aromatic carbocycles. The molecule has 0 bridgehead atoms. The average Bonchev–Trinajstić information content (AvgIpc) is 3.99. The third kappa shape index (κ3) is 15.0. The molecule has 2 amide bonds. The minimum absolute atomic E-state index is 0.00913. The number of thioether (sulfide) groups is 1. The van der Waals surface area contributed by atoms with Gasteiger partial charge in [0.15, 0.2) is 17.7 Å². The normalized spacial score (nSPS) is 20.1. The molecule has 29 nitrogen and oxygen atoms in total. The number of phosphoric acid groups is 3. The SMILES string of the molecule is CC(C)(COP(=O)(O)OP(=O)(O)OCC1OC(n2cnc3c(N)ncnc32)C(O)C1OP(=O)(O)O)C(O)C(=O)NCCC(=O)NCCSC(=O)c1cc(S(N)(=O)=O)c(Cl)cc1NCc1ccco1. The molecule has 1 saturated heterocycles. The van der Waals surface area contributed by atoms with Crippen LogP contribution in [0.3, 0.4) is 0 Å². The smallest absolute Gasteiger partial charge is 0.467 e. The molecule has 68 heavy (non-hydrogen) atoms. The minimum atomic E-state index is -5.63. The summed E-state index contributed by atoms with van der Waals surface area (Å²) in [7, 11) is -20.9. The molecule has 0 aliphatic carbocycles. The number of nitrogens with zero attached hydrogens (tertiary/aromatic N) is 4. The van der Waals surface area contributed by atoms with Crippen molar-refractivity contribution in [3.8, 4) is 0 Å². The number of primary sulfonamides is 1. The summed E-state index contributed by atoms with van der Waals surface area (Å²) in [5.74, 6) is -1.17. The van der Waals surface area contributed by atoms with Crippen molar-refractivity contribution in [1.29, 1.82) is 0 Å². The Kier molecular flexibility index (Phi) is 18.1. The predicted molar refractivity (Wildman–Crippen MR) is 235 cm³/mol. The lowest BCUT2D eigenvalue weighted by molar-refractivity contribution is -0.137. The Bertz CT molecular complexity index is 2730. The van der Waals surface area contributed by atoms with Gasteiger partial charge in [-0.3, -0.25) is 32.5 Å². The molecule has 4 heterocycles. The van der Waals surface area contributed by atoms with Gasteiger partial charge in [-0.1, -0.05) is 37.2 Å². The van der Waals surface area contributed by atoms with Gasteiger partial charge in [-0.2, -0.15) is 4.31 Å². The molecule has 1 fully saturated rings. The molecular formula is C33H45ClN9O20P3S2. The van der Waals surface area contributed by atoms with Gasteiger partial charge in [-0.25, -0.2) is 42.2 Å². The second kappa shape index (κ2) is 22.4. The summed E-state index contributed by atoms with van der Waals surface area (Å²) < 4.78 is 91.7. The van der Waals surface area contributed by atoms with Gasteiger partial charge >= 0.3 is 23.5 Å². The number of nitrogen functional groups attached to an aromatic ring is 1. The van der Waals surface area contributed by atoms with E-state index in [1.165, 1.54) is 26.2 Å². The second-order valence-corrected chi connectivity index (χ2v) is 22.3. The fraction of sp³-hybridized carbons (Fsp3) is 0.455. The van der Waals surface area contributed by atoms with Crippen molar-refractivity contribution in [3.05, 3.63) is 59.5 Å². The molecule has 5 rings (SSSR count). The second-order valence-electron chi connectivity index (χ2n) is 15.0. The first kappa shape index (κ1) is 55.0. The van der Waals surface area contributed by atoms with Crippen LogP contribution in [0.2, 0.25) is 5.02 Å². The lowest BCUT2D eigenvalue weighted by Crippen LogP contribution is -2.46. The van der Waals surface area contributed by atoms with E-state index in [0.29, 0.717) is 5.76 Å². The van der Waals surface area contributed by atoms with E-state index in [1.807, 2.05) is 0 Å². The largest absolute Gasteiger partial charge is 0.481 e. The van der Waals surface area contributed by atoms with Crippen LogP contribution in [0.15, 0.2) is 52.5 Å². The number of hydrogen-bond acceptors (Lipinski definition) is 22. The Morgan fingerprint density at radius 2 is 1.76 bits per heavy atom. The monoisotopic (exact) mass is 1080 g/mol. The molecule has 0 radical (unpaired) electrons. The standard InChI is InChI=1S/C33H45ClN9O20P3S2/c1-33(2,14-60-66(54,55)63-65(52,53)59-13-21-26(62-64(49,50)51)25(45)31(61-21)43-16-42-24-28(35)40-15-41-29(24)43)27(46)30(47)38-6-5-23(44)37-7-9-67-32(48)18-10-22(68(36,56)57)19(34)11-20(18)39-12-17-4-3-8-58-17/h3-4,8,10-11,15-16,21,25-27,31,39,45-46H,5-7,9,12-14H2,1-2H3,(H,37,44)(H,38,47)(H,52,53)(H,54,55)(H2,35,40,41)(H2,36,56,57)(H2,49,50,51). The molecule has 1 aliphatic heterocycles. The number of amides is 2. The van der Waals surface area contributed by atoms with Crippen molar-refractivity contribution in [3.63, 3.8) is 0 Å². The highest BCUT2D eigenvalue weighted by Gasteiger charge is 2.50. The first-order chi connectivity index (χ1) is 31.6. The molecular weight excluding hydrogens is 1030 g/mol. The van der Waals surface area contributed by atoms with Crippen molar-refractivity contribution < 1.29 is 93.3 Å². The molecule has 7 atom stereocenters. The summed E-state index contributed by atoms with van der Waals surface area (Å²) >= 11 is 6.87. The number of hydrogen-bond donors (Lipinski definition) is 11. The highest BCUT2D eigenvalue weighted by atomic mass is 35.5. The van der Waals surface area contributed by atoms with Crippen molar-refractivity contribution in [2.24, 2.45) is 10.6 Å². The number of nitrogens with one attached hydrogen (secondary N) is 3. The van der Waals surface area contributed by atoms with Crippen molar-refractivity contribution in [2.45, 2.75) is 62.4 Å². The Morgan fingerprint density at radius 1 is 1.06 bits per heavy atom. The number of halogens is 1. The number of aliphatic hydroxyl groups is 2. The van der Waals surface area contributed by atoms with Crippen LogP contribution in [-0.2, 0) is 62.5 Å². The first-order valence-corrected chi connectivity index (χ1v) is 26.7. The molecule has 0 saturated carbocycles. The maximum atomic E-state index is 13.1. The molecule has 1 aliphatic rings. The number of aromatic nitrogens is 4. The van der Waals surface area contributed by atoms with Crippen molar-refractivity contribution in [1.82, 2.24) is 30.2 Å². The molecule has 13 N–H and O–H groups in total. The van der Waals surface area contributed by atoms with E-state index in [1.54, 1.807) is 12.1 Å². The van der Waals surface area contributed by atoms with Gasteiger partial charge in [0.25, 0.3) is 0 Å². The van der Waals surface area contributed by atoms with Crippen LogP contribution in [0.25, 0.3) is 11.2 Å². The summed E-state index contributed by atoms with van der Waals surface area (Å²) in [6, 6.07) is 5.58. The Morgan fingerprint density at radius 3 is 2.43 bits per heavy atom. The molecule has 376 valence electrons. The fourth-order valence-corrected chi connectivity index (χ4v) is 10.7. The Hall–Kier alpha value is -3.94. The lowest BCUT2D eigenvalue weighted by atomic mass is 9.87. The van der Waals surface area contributed by atoms with Crippen molar-refractivity contribution >= 4 is 96.5 Å². The highest BCUT2D eigenvalue weighted by Crippen LogP contribution is 2.61. The van der Waals surface area contributed by atoms with Gasteiger partial charge in [0.2, 0.25) is 27.0 Å². The number of carbonyl (C=O) groups is 3. The van der Waals surface area contributed by atoms with Gasteiger partial charge in [0.1, 0.15) is 46.9 Å². The van der Waals surface area contributed by atoms with E-state index in [9.17, 15) is 66.3 Å². The topological polar surface area (TPSA) is 449 Å². The third-order valence-electron chi connectivity index (χ3n) is 9.37. The third-order valence-corrected chi connectivity index (χ3v) is 14.7. The highest BCUT2D eigenvalue weighted by molar-refractivity contribution is 8.14. The number of imidazole rings is 1. The number of ether oxygens (including phenoxy) is 1. The van der Waals surface area contributed by atoms with Crippen molar-refractivity contribution in [2.75, 3.05) is 43.1 Å². The first-order valence-electron chi connectivity index (χ1n) is 19.3. The summed E-state index contributed by atoms with van der Waals surface area (Å²) in [5, 5.41) is 33.8. The summed E-state index contributed by atoms with van der Waals surface area (Å²) in [6.45, 7) is 0.0759. The number of fused-ring (bicyclic) bond motifs is 1. The molecule has 7 unspecified atom stereocenters. The van der Waals surface area contributed by atoms with Crippen LogP contribution in [-0.4, -0.2) is 131 Å². The quantitative estimate of drug-likeness (QED) is 0.0336. The molecule has 0 spiro atoms.